The largest absolute Gasteiger partial charge is 0.454 e. The summed E-state index contributed by atoms with van der Waals surface area (Å²) in [6, 6.07) is 17.2. The SMILES string of the molecule is Cc1nc2ccccc2n1CC(=O)OCC(=O)Nc1nc(-c2ccccc2)cs1. The zero-order valence-corrected chi connectivity index (χ0v) is 16.5. The van der Waals surface area contributed by atoms with Crippen molar-refractivity contribution in [2.75, 3.05) is 11.9 Å². The van der Waals surface area contributed by atoms with E-state index in [4.69, 9.17) is 4.74 Å². The van der Waals surface area contributed by atoms with Gasteiger partial charge in [-0.25, -0.2) is 9.97 Å². The number of esters is 1. The lowest BCUT2D eigenvalue weighted by Crippen LogP contribution is -2.23. The van der Waals surface area contributed by atoms with Gasteiger partial charge in [0.05, 0.1) is 16.7 Å². The van der Waals surface area contributed by atoms with Gasteiger partial charge in [0.2, 0.25) is 0 Å². The van der Waals surface area contributed by atoms with Crippen molar-refractivity contribution < 1.29 is 14.3 Å². The quantitative estimate of drug-likeness (QED) is 0.494. The summed E-state index contributed by atoms with van der Waals surface area (Å²) in [6.45, 7) is 1.45. The van der Waals surface area contributed by atoms with Crippen LogP contribution >= 0.6 is 11.3 Å². The number of aromatic nitrogens is 3. The van der Waals surface area contributed by atoms with Crippen molar-refractivity contribution in [3.63, 3.8) is 0 Å². The van der Waals surface area contributed by atoms with Crippen LogP contribution in [0.5, 0.6) is 0 Å². The van der Waals surface area contributed by atoms with Gasteiger partial charge in [-0.05, 0) is 19.1 Å². The zero-order valence-electron chi connectivity index (χ0n) is 15.7. The minimum atomic E-state index is -0.504. The van der Waals surface area contributed by atoms with E-state index in [2.05, 4.69) is 15.3 Å². The summed E-state index contributed by atoms with van der Waals surface area (Å²) in [5.74, 6) is -0.223. The number of fused-ring (bicyclic) bond motifs is 1. The van der Waals surface area contributed by atoms with Gasteiger partial charge in [-0.2, -0.15) is 0 Å². The number of imidazole rings is 1. The number of anilines is 1. The molecular formula is C21H18N4O3S. The second-order valence-electron chi connectivity index (χ2n) is 6.35. The Hall–Kier alpha value is -3.52. The molecule has 146 valence electrons. The van der Waals surface area contributed by atoms with Crippen molar-refractivity contribution in [3.05, 3.63) is 65.8 Å². The summed E-state index contributed by atoms with van der Waals surface area (Å²) in [5, 5.41) is 4.98. The Labute approximate surface area is 171 Å². The fraction of sp³-hybridized carbons (Fsp3) is 0.143. The average molecular weight is 406 g/mol. The number of hydrogen-bond acceptors (Lipinski definition) is 6. The average Bonchev–Trinajstić information content (AvgIpc) is 3.32. The van der Waals surface area contributed by atoms with Crippen LogP contribution < -0.4 is 5.32 Å². The number of para-hydroxylation sites is 2. The molecule has 0 fully saturated rings. The van der Waals surface area contributed by atoms with Crippen LogP contribution in [0.3, 0.4) is 0 Å². The third-order valence-electron chi connectivity index (χ3n) is 4.32. The molecule has 0 unspecified atom stereocenters. The first-order valence-electron chi connectivity index (χ1n) is 8.98. The number of benzene rings is 2. The third-order valence-corrected chi connectivity index (χ3v) is 5.07. The Morgan fingerprint density at radius 3 is 2.66 bits per heavy atom. The number of thiazole rings is 1. The van der Waals surface area contributed by atoms with Crippen molar-refractivity contribution in [2.45, 2.75) is 13.5 Å². The fourth-order valence-corrected chi connectivity index (χ4v) is 3.68. The third kappa shape index (κ3) is 4.33. The molecule has 1 amide bonds. The number of carbonyl (C=O) groups excluding carboxylic acids is 2. The van der Waals surface area contributed by atoms with E-state index in [1.165, 1.54) is 11.3 Å². The standard InChI is InChI=1S/C21H18N4O3S/c1-14-22-16-9-5-6-10-18(16)25(14)11-20(27)28-12-19(26)24-21-23-17(13-29-21)15-7-3-2-4-8-15/h2-10,13H,11-12H2,1H3,(H,23,24,26). The van der Waals surface area contributed by atoms with E-state index in [-0.39, 0.29) is 13.2 Å². The lowest BCUT2D eigenvalue weighted by Gasteiger charge is -2.07. The second kappa shape index (κ2) is 8.24. The summed E-state index contributed by atoms with van der Waals surface area (Å²) < 4.78 is 6.89. The van der Waals surface area contributed by atoms with E-state index < -0.39 is 11.9 Å². The predicted molar refractivity (Wildman–Crippen MR) is 112 cm³/mol. The van der Waals surface area contributed by atoms with Crippen molar-refractivity contribution in [3.8, 4) is 11.3 Å². The van der Waals surface area contributed by atoms with E-state index in [1.807, 2.05) is 66.9 Å². The van der Waals surface area contributed by atoms with Crippen molar-refractivity contribution >= 4 is 39.4 Å². The summed E-state index contributed by atoms with van der Waals surface area (Å²) in [4.78, 5) is 33.1. The maximum absolute atomic E-state index is 12.2. The van der Waals surface area contributed by atoms with Crippen LogP contribution in [0.2, 0.25) is 0 Å². The normalized spacial score (nSPS) is 10.8. The molecule has 0 radical (unpaired) electrons. The summed E-state index contributed by atoms with van der Waals surface area (Å²) in [5.41, 5.74) is 3.42. The van der Waals surface area contributed by atoms with Gasteiger partial charge < -0.3 is 9.30 Å². The van der Waals surface area contributed by atoms with Gasteiger partial charge in [0, 0.05) is 10.9 Å². The van der Waals surface area contributed by atoms with E-state index in [1.54, 1.807) is 4.57 Å². The molecule has 0 aliphatic heterocycles. The monoisotopic (exact) mass is 406 g/mol. The highest BCUT2D eigenvalue weighted by Crippen LogP contribution is 2.24. The van der Waals surface area contributed by atoms with Crippen molar-refractivity contribution in [2.24, 2.45) is 0 Å². The van der Waals surface area contributed by atoms with Gasteiger partial charge in [0.1, 0.15) is 12.4 Å². The molecule has 4 aromatic rings. The smallest absolute Gasteiger partial charge is 0.326 e. The van der Waals surface area contributed by atoms with Gasteiger partial charge in [-0.1, -0.05) is 42.5 Å². The van der Waals surface area contributed by atoms with E-state index in [0.29, 0.717) is 11.0 Å². The summed E-state index contributed by atoms with van der Waals surface area (Å²) in [6.07, 6.45) is 0. The van der Waals surface area contributed by atoms with Crippen LogP contribution in [0.1, 0.15) is 5.82 Å². The lowest BCUT2D eigenvalue weighted by molar-refractivity contribution is -0.147. The number of hydrogen-bond donors (Lipinski definition) is 1. The Balaban J connectivity index is 1.32. The molecule has 0 bridgehead atoms. The summed E-state index contributed by atoms with van der Waals surface area (Å²) in [7, 11) is 0. The Morgan fingerprint density at radius 1 is 1.07 bits per heavy atom. The van der Waals surface area contributed by atoms with Crippen LogP contribution in [0, 0.1) is 6.92 Å². The van der Waals surface area contributed by atoms with Crippen LogP contribution in [0.15, 0.2) is 60.0 Å². The number of aryl methyl sites for hydroxylation is 1. The second-order valence-corrected chi connectivity index (χ2v) is 7.20. The molecule has 8 heteroatoms. The zero-order chi connectivity index (χ0) is 20.2. The van der Waals surface area contributed by atoms with Crippen LogP contribution in [0.25, 0.3) is 22.3 Å². The molecule has 7 nitrogen and oxygen atoms in total. The molecule has 2 heterocycles. The first kappa shape index (κ1) is 18.8. The van der Waals surface area contributed by atoms with Crippen LogP contribution in [0.4, 0.5) is 5.13 Å². The highest BCUT2D eigenvalue weighted by Gasteiger charge is 2.14. The van der Waals surface area contributed by atoms with Crippen molar-refractivity contribution in [1.82, 2.24) is 14.5 Å². The number of nitrogens with zero attached hydrogens (tertiary/aromatic N) is 3. The minimum absolute atomic E-state index is 0.00493. The molecule has 29 heavy (non-hydrogen) atoms. The maximum atomic E-state index is 12.2. The highest BCUT2D eigenvalue weighted by molar-refractivity contribution is 7.14. The Bertz CT molecular complexity index is 1170. The summed E-state index contributed by atoms with van der Waals surface area (Å²) >= 11 is 1.32. The lowest BCUT2D eigenvalue weighted by atomic mass is 10.2. The first-order chi connectivity index (χ1) is 14.1. The molecule has 2 aromatic carbocycles. The van der Waals surface area contributed by atoms with Crippen LogP contribution in [-0.2, 0) is 20.9 Å². The molecule has 0 atom stereocenters. The van der Waals surface area contributed by atoms with Gasteiger partial charge in [-0.15, -0.1) is 11.3 Å². The van der Waals surface area contributed by atoms with E-state index in [9.17, 15) is 9.59 Å². The number of ether oxygens (including phenoxy) is 1. The molecule has 0 spiro atoms. The maximum Gasteiger partial charge on any atom is 0.326 e. The van der Waals surface area contributed by atoms with E-state index in [0.717, 1.165) is 22.3 Å². The van der Waals surface area contributed by atoms with Gasteiger partial charge >= 0.3 is 5.97 Å². The topological polar surface area (TPSA) is 86.1 Å². The van der Waals surface area contributed by atoms with E-state index >= 15 is 0 Å². The molecule has 4 rings (SSSR count). The van der Waals surface area contributed by atoms with Crippen LogP contribution in [-0.4, -0.2) is 33.0 Å². The Kier molecular flexibility index (Phi) is 5.35. The van der Waals surface area contributed by atoms with Gasteiger partial charge in [0.15, 0.2) is 11.7 Å². The highest BCUT2D eigenvalue weighted by atomic mass is 32.1. The van der Waals surface area contributed by atoms with Crippen molar-refractivity contribution in [1.29, 1.82) is 0 Å². The molecule has 1 N–H and O–H groups in total. The van der Waals surface area contributed by atoms with Gasteiger partial charge in [0.25, 0.3) is 5.91 Å². The number of rotatable bonds is 6. The predicted octanol–water partition coefficient (Wildman–Crippen LogP) is 3.65. The molecule has 0 saturated carbocycles. The molecule has 0 saturated heterocycles. The molecule has 0 aliphatic rings. The molecule has 0 aliphatic carbocycles. The number of nitrogens with one attached hydrogen (secondary N) is 1. The van der Waals surface area contributed by atoms with Gasteiger partial charge in [-0.3, -0.25) is 14.9 Å². The number of carbonyl (C=O) groups is 2. The Morgan fingerprint density at radius 2 is 1.83 bits per heavy atom. The first-order valence-corrected chi connectivity index (χ1v) is 9.86. The fourth-order valence-electron chi connectivity index (χ4n) is 2.94. The molecular weight excluding hydrogens is 388 g/mol. The molecule has 2 aromatic heterocycles. The number of amides is 1. The minimum Gasteiger partial charge on any atom is -0.454 e.